The number of oxime groups is 1. The number of nitrogens with zero attached hydrogens (tertiary/aromatic N) is 1. The molecule has 0 aliphatic rings. The zero-order chi connectivity index (χ0) is 9.94. The zero-order valence-electron chi connectivity index (χ0n) is 8.12. The van der Waals surface area contributed by atoms with Crippen LogP contribution in [0.2, 0.25) is 0 Å². The summed E-state index contributed by atoms with van der Waals surface area (Å²) in [7, 11) is 0. The third-order valence-electron chi connectivity index (χ3n) is 1.50. The minimum absolute atomic E-state index is 0.188. The van der Waals surface area contributed by atoms with Crippen LogP contribution in [0.4, 0.5) is 0 Å². The van der Waals surface area contributed by atoms with Crippen molar-refractivity contribution >= 4 is 5.84 Å². The van der Waals surface area contributed by atoms with Crippen molar-refractivity contribution in [3.8, 4) is 0 Å². The summed E-state index contributed by atoms with van der Waals surface area (Å²) in [5.41, 5.74) is 5.23. The molecular weight excluding hydrogens is 170 g/mol. The van der Waals surface area contributed by atoms with Gasteiger partial charge in [-0.25, -0.2) is 0 Å². The summed E-state index contributed by atoms with van der Waals surface area (Å²) in [5, 5.41) is 14.0. The van der Waals surface area contributed by atoms with Gasteiger partial charge < -0.3 is 21.0 Å². The van der Waals surface area contributed by atoms with Crippen LogP contribution in [0.5, 0.6) is 0 Å². The number of rotatable bonds is 8. The van der Waals surface area contributed by atoms with E-state index in [2.05, 4.69) is 17.4 Å². The monoisotopic (exact) mass is 189 g/mol. The Morgan fingerprint density at radius 1 is 1.54 bits per heavy atom. The van der Waals surface area contributed by atoms with Crippen LogP contribution in [-0.2, 0) is 4.74 Å². The molecule has 0 radical (unpaired) electrons. The Morgan fingerprint density at radius 2 is 2.31 bits per heavy atom. The van der Waals surface area contributed by atoms with E-state index in [0.717, 1.165) is 26.0 Å². The molecule has 0 saturated heterocycles. The molecule has 0 aromatic heterocycles. The van der Waals surface area contributed by atoms with Gasteiger partial charge in [-0.1, -0.05) is 18.5 Å². The number of unbranched alkanes of at least 4 members (excludes halogenated alkanes) is 1. The highest BCUT2D eigenvalue weighted by Gasteiger charge is 1.91. The van der Waals surface area contributed by atoms with Gasteiger partial charge >= 0.3 is 0 Å². The Balaban J connectivity index is 3.00. The first-order valence-corrected chi connectivity index (χ1v) is 4.56. The average Bonchev–Trinajstić information content (AvgIpc) is 2.16. The fourth-order valence-corrected chi connectivity index (χ4v) is 0.745. The van der Waals surface area contributed by atoms with Crippen molar-refractivity contribution in [2.24, 2.45) is 10.9 Å². The molecule has 78 valence electrons. The molecule has 13 heavy (non-hydrogen) atoms. The van der Waals surface area contributed by atoms with E-state index in [1.165, 1.54) is 0 Å². The van der Waals surface area contributed by atoms with E-state index >= 15 is 0 Å². The third kappa shape index (κ3) is 9.10. The smallest absolute Gasteiger partial charge is 0.153 e. The fraction of sp³-hybridized carbons (Fsp3) is 0.875. The second-order valence-corrected chi connectivity index (χ2v) is 2.73. The van der Waals surface area contributed by atoms with Crippen LogP contribution in [0.15, 0.2) is 5.16 Å². The average molecular weight is 189 g/mol. The molecule has 0 aliphatic heterocycles. The van der Waals surface area contributed by atoms with Crippen molar-refractivity contribution in [2.45, 2.75) is 19.8 Å². The van der Waals surface area contributed by atoms with Gasteiger partial charge in [0, 0.05) is 13.2 Å². The van der Waals surface area contributed by atoms with Crippen molar-refractivity contribution in [1.82, 2.24) is 5.32 Å². The summed E-state index contributed by atoms with van der Waals surface area (Å²) in [4.78, 5) is 0. The molecule has 0 saturated carbocycles. The topological polar surface area (TPSA) is 79.9 Å². The lowest BCUT2D eigenvalue weighted by molar-refractivity contribution is 0.134. The lowest BCUT2D eigenvalue weighted by Crippen LogP contribution is -2.31. The predicted octanol–water partition coefficient (Wildman–Crippen LogP) is 0.139. The Kier molecular flexibility index (Phi) is 8.70. The molecule has 0 unspecified atom stereocenters. The van der Waals surface area contributed by atoms with E-state index in [9.17, 15) is 0 Å². The van der Waals surface area contributed by atoms with Crippen molar-refractivity contribution in [2.75, 3.05) is 26.3 Å². The largest absolute Gasteiger partial charge is 0.409 e. The molecule has 0 aromatic carbocycles. The van der Waals surface area contributed by atoms with Gasteiger partial charge in [0.1, 0.15) is 0 Å². The molecular formula is C8H19N3O2. The molecule has 0 atom stereocenters. The first kappa shape index (κ1) is 12.2. The quantitative estimate of drug-likeness (QED) is 0.167. The zero-order valence-corrected chi connectivity index (χ0v) is 8.12. The normalized spacial score (nSPS) is 11.9. The molecule has 0 fully saturated rings. The lowest BCUT2D eigenvalue weighted by Gasteiger charge is -2.04. The minimum atomic E-state index is 0.188. The maximum Gasteiger partial charge on any atom is 0.153 e. The highest BCUT2D eigenvalue weighted by molar-refractivity contribution is 5.81. The van der Waals surface area contributed by atoms with Gasteiger partial charge in [0.25, 0.3) is 0 Å². The Hall–Kier alpha value is -0.810. The second kappa shape index (κ2) is 9.28. The van der Waals surface area contributed by atoms with Crippen LogP contribution in [-0.4, -0.2) is 37.3 Å². The summed E-state index contributed by atoms with van der Waals surface area (Å²) in [6.45, 7) is 4.72. The number of nitrogens with one attached hydrogen (secondary N) is 1. The number of amidine groups is 1. The summed E-state index contributed by atoms with van der Waals surface area (Å²) >= 11 is 0. The fourth-order valence-electron chi connectivity index (χ4n) is 0.745. The lowest BCUT2D eigenvalue weighted by atomic mass is 10.4. The molecule has 5 nitrogen and oxygen atoms in total. The molecule has 0 spiro atoms. The van der Waals surface area contributed by atoms with Crippen molar-refractivity contribution < 1.29 is 9.94 Å². The maximum atomic E-state index is 8.20. The van der Waals surface area contributed by atoms with Crippen molar-refractivity contribution in [3.05, 3.63) is 0 Å². The molecule has 4 N–H and O–H groups in total. The van der Waals surface area contributed by atoms with Gasteiger partial charge in [0.15, 0.2) is 5.84 Å². The summed E-state index contributed by atoms with van der Waals surface area (Å²) in [5.74, 6) is 0.188. The van der Waals surface area contributed by atoms with E-state index in [1.807, 2.05) is 0 Å². The summed E-state index contributed by atoms with van der Waals surface area (Å²) in [6, 6.07) is 0. The van der Waals surface area contributed by atoms with Crippen LogP contribution in [0.3, 0.4) is 0 Å². The van der Waals surface area contributed by atoms with Crippen LogP contribution in [0.25, 0.3) is 0 Å². The van der Waals surface area contributed by atoms with E-state index in [-0.39, 0.29) is 5.84 Å². The van der Waals surface area contributed by atoms with Crippen LogP contribution in [0.1, 0.15) is 19.8 Å². The van der Waals surface area contributed by atoms with Gasteiger partial charge in [0.2, 0.25) is 0 Å². The number of hydrogen-bond donors (Lipinski definition) is 3. The number of ether oxygens (including phenoxy) is 1. The summed E-state index contributed by atoms with van der Waals surface area (Å²) < 4.78 is 5.28. The first-order chi connectivity index (χ1) is 6.31. The molecule has 0 amide bonds. The molecule has 0 aromatic rings. The van der Waals surface area contributed by atoms with Gasteiger partial charge in [-0.2, -0.15) is 0 Å². The second-order valence-electron chi connectivity index (χ2n) is 2.73. The van der Waals surface area contributed by atoms with Gasteiger partial charge in [-0.05, 0) is 6.42 Å². The Morgan fingerprint density at radius 3 is 2.92 bits per heavy atom. The predicted molar refractivity (Wildman–Crippen MR) is 52.0 cm³/mol. The van der Waals surface area contributed by atoms with Crippen molar-refractivity contribution in [1.29, 1.82) is 0 Å². The molecule has 0 bridgehead atoms. The van der Waals surface area contributed by atoms with E-state index in [1.54, 1.807) is 0 Å². The van der Waals surface area contributed by atoms with Crippen LogP contribution in [0, 0.1) is 0 Å². The molecule has 0 aliphatic carbocycles. The standard InChI is InChI=1S/C8H19N3O2/c1-2-3-5-13-6-4-10-7-8(9)11-12/h10,12H,2-7H2,1H3,(H2,9,11). The van der Waals surface area contributed by atoms with Crippen molar-refractivity contribution in [3.63, 3.8) is 0 Å². The highest BCUT2D eigenvalue weighted by atomic mass is 16.5. The maximum absolute atomic E-state index is 8.20. The number of hydrogen-bond acceptors (Lipinski definition) is 4. The van der Waals surface area contributed by atoms with Crippen LogP contribution >= 0.6 is 0 Å². The Bertz CT molecular complexity index is 139. The van der Waals surface area contributed by atoms with Crippen LogP contribution < -0.4 is 11.1 Å². The summed E-state index contributed by atoms with van der Waals surface area (Å²) in [6.07, 6.45) is 2.25. The minimum Gasteiger partial charge on any atom is -0.409 e. The number of nitrogens with two attached hydrogens (primary N) is 1. The van der Waals surface area contributed by atoms with E-state index in [4.69, 9.17) is 15.7 Å². The Labute approximate surface area is 78.9 Å². The van der Waals surface area contributed by atoms with Gasteiger partial charge in [-0.3, -0.25) is 0 Å². The highest BCUT2D eigenvalue weighted by Crippen LogP contribution is 1.86. The van der Waals surface area contributed by atoms with E-state index < -0.39 is 0 Å². The molecule has 5 heteroatoms. The third-order valence-corrected chi connectivity index (χ3v) is 1.50. The molecule has 0 rings (SSSR count). The van der Waals surface area contributed by atoms with E-state index in [0.29, 0.717) is 13.2 Å². The van der Waals surface area contributed by atoms with Gasteiger partial charge in [-0.15, -0.1) is 0 Å². The SMILES string of the molecule is CCCCOCCNCC(N)=NO. The molecule has 0 heterocycles. The van der Waals surface area contributed by atoms with Gasteiger partial charge in [0.05, 0.1) is 13.2 Å². The first-order valence-electron chi connectivity index (χ1n) is 4.56.